The van der Waals surface area contributed by atoms with Crippen LogP contribution in [0.4, 0.5) is 0 Å². The molecule has 0 aromatic carbocycles. The first kappa shape index (κ1) is 13.0. The van der Waals surface area contributed by atoms with Crippen molar-refractivity contribution in [2.45, 2.75) is 71.1 Å². The zero-order chi connectivity index (χ0) is 11.3. The van der Waals surface area contributed by atoms with Gasteiger partial charge in [-0.05, 0) is 44.9 Å². The molecule has 1 aliphatic rings. The molecule has 2 heteroatoms. The van der Waals surface area contributed by atoms with Crippen molar-refractivity contribution < 1.29 is 4.74 Å². The van der Waals surface area contributed by atoms with E-state index in [1.165, 1.54) is 32.1 Å². The lowest BCUT2D eigenvalue weighted by Gasteiger charge is -2.24. The van der Waals surface area contributed by atoms with Gasteiger partial charge < -0.3 is 10.1 Å². The molecule has 1 saturated carbocycles. The Bertz CT molecular complexity index is 170. The third kappa shape index (κ3) is 4.52. The van der Waals surface area contributed by atoms with Crippen LogP contribution in [0, 0.1) is 5.92 Å². The predicted octanol–water partition coefficient (Wildman–Crippen LogP) is 2.97. The van der Waals surface area contributed by atoms with Crippen LogP contribution < -0.4 is 5.32 Å². The highest BCUT2D eigenvalue weighted by Gasteiger charge is 2.27. The van der Waals surface area contributed by atoms with E-state index in [0.29, 0.717) is 18.2 Å². The highest BCUT2D eigenvalue weighted by Crippen LogP contribution is 2.22. The molecule has 0 radical (unpaired) electrons. The largest absolute Gasteiger partial charge is 0.380 e. The zero-order valence-electron chi connectivity index (χ0n) is 10.8. The number of rotatable bonds is 6. The maximum absolute atomic E-state index is 5.49. The monoisotopic (exact) mass is 213 g/mol. The fourth-order valence-electron chi connectivity index (χ4n) is 2.43. The van der Waals surface area contributed by atoms with E-state index in [1.54, 1.807) is 0 Å². The van der Waals surface area contributed by atoms with Gasteiger partial charge in [-0.25, -0.2) is 0 Å². The van der Waals surface area contributed by atoms with E-state index >= 15 is 0 Å². The molecule has 0 heterocycles. The summed E-state index contributed by atoms with van der Waals surface area (Å²) in [5.74, 6) is 0.816. The molecule has 1 rings (SSSR count). The third-order valence-electron chi connectivity index (χ3n) is 3.43. The van der Waals surface area contributed by atoms with Gasteiger partial charge in [-0.1, -0.05) is 13.8 Å². The van der Waals surface area contributed by atoms with Crippen LogP contribution in [0.1, 0.15) is 52.9 Å². The van der Waals surface area contributed by atoms with Crippen molar-refractivity contribution in [1.82, 2.24) is 5.32 Å². The summed E-state index contributed by atoms with van der Waals surface area (Å²) in [6.45, 7) is 6.88. The average molecular weight is 213 g/mol. The van der Waals surface area contributed by atoms with Gasteiger partial charge in [-0.2, -0.15) is 0 Å². The van der Waals surface area contributed by atoms with Crippen molar-refractivity contribution in [2.75, 3.05) is 7.11 Å². The maximum Gasteiger partial charge on any atom is 0.0724 e. The number of hydrogen-bond donors (Lipinski definition) is 1. The molecule has 3 atom stereocenters. The lowest BCUT2D eigenvalue weighted by Crippen LogP contribution is -2.42. The van der Waals surface area contributed by atoms with E-state index in [0.717, 1.165) is 5.92 Å². The molecule has 1 N–H and O–H groups in total. The molecule has 0 aromatic rings. The Labute approximate surface area is 94.8 Å². The van der Waals surface area contributed by atoms with Crippen LogP contribution in [-0.2, 0) is 4.74 Å². The summed E-state index contributed by atoms with van der Waals surface area (Å²) in [6, 6.07) is 1.23. The molecule has 15 heavy (non-hydrogen) atoms. The molecule has 1 fully saturated rings. The molecule has 0 amide bonds. The second kappa shape index (κ2) is 6.49. The molecular formula is C13H27NO. The van der Waals surface area contributed by atoms with Gasteiger partial charge in [0.1, 0.15) is 0 Å². The summed E-state index contributed by atoms with van der Waals surface area (Å²) in [7, 11) is 1.84. The van der Waals surface area contributed by atoms with Crippen LogP contribution in [0.25, 0.3) is 0 Å². The predicted molar refractivity (Wildman–Crippen MR) is 65.1 cm³/mol. The molecule has 3 unspecified atom stereocenters. The van der Waals surface area contributed by atoms with Gasteiger partial charge in [0, 0.05) is 19.2 Å². The van der Waals surface area contributed by atoms with Crippen LogP contribution >= 0.6 is 0 Å². The van der Waals surface area contributed by atoms with E-state index < -0.39 is 0 Å². The Morgan fingerprint density at radius 1 is 1.20 bits per heavy atom. The van der Waals surface area contributed by atoms with E-state index in [-0.39, 0.29) is 0 Å². The third-order valence-corrected chi connectivity index (χ3v) is 3.43. The minimum absolute atomic E-state index is 0.450. The highest BCUT2D eigenvalue weighted by atomic mass is 16.5. The van der Waals surface area contributed by atoms with Crippen molar-refractivity contribution in [2.24, 2.45) is 5.92 Å². The Hall–Kier alpha value is -0.0800. The van der Waals surface area contributed by atoms with Crippen molar-refractivity contribution in [1.29, 1.82) is 0 Å². The Kier molecular flexibility index (Phi) is 5.62. The summed E-state index contributed by atoms with van der Waals surface area (Å²) in [6.07, 6.45) is 6.87. The molecular weight excluding hydrogens is 186 g/mol. The first-order valence-corrected chi connectivity index (χ1v) is 6.42. The summed E-state index contributed by atoms with van der Waals surface area (Å²) in [5, 5.41) is 3.71. The SMILES string of the molecule is COC1CCCC1NC(C)CCC(C)C. The van der Waals surface area contributed by atoms with Gasteiger partial charge in [-0.15, -0.1) is 0 Å². The second-order valence-corrected chi connectivity index (χ2v) is 5.35. The minimum atomic E-state index is 0.450. The van der Waals surface area contributed by atoms with Crippen LogP contribution in [0.15, 0.2) is 0 Å². The van der Waals surface area contributed by atoms with Crippen LogP contribution in [0.3, 0.4) is 0 Å². The van der Waals surface area contributed by atoms with Gasteiger partial charge in [0.15, 0.2) is 0 Å². The van der Waals surface area contributed by atoms with Crippen molar-refractivity contribution in [3.8, 4) is 0 Å². The number of methoxy groups -OCH3 is 1. The minimum Gasteiger partial charge on any atom is -0.380 e. The lowest BCUT2D eigenvalue weighted by molar-refractivity contribution is 0.0813. The Morgan fingerprint density at radius 3 is 2.53 bits per heavy atom. The number of nitrogens with one attached hydrogen (secondary N) is 1. The molecule has 0 spiro atoms. The van der Waals surface area contributed by atoms with E-state index in [4.69, 9.17) is 4.74 Å². The summed E-state index contributed by atoms with van der Waals surface area (Å²) >= 11 is 0. The fourth-order valence-corrected chi connectivity index (χ4v) is 2.43. The maximum atomic E-state index is 5.49. The van der Waals surface area contributed by atoms with Gasteiger partial charge >= 0.3 is 0 Å². The molecule has 0 aliphatic heterocycles. The second-order valence-electron chi connectivity index (χ2n) is 5.35. The van der Waals surface area contributed by atoms with E-state index in [1.807, 2.05) is 7.11 Å². The molecule has 0 bridgehead atoms. The van der Waals surface area contributed by atoms with Gasteiger partial charge in [-0.3, -0.25) is 0 Å². The number of ether oxygens (including phenoxy) is 1. The topological polar surface area (TPSA) is 21.3 Å². The standard InChI is InChI=1S/C13H27NO/c1-10(2)8-9-11(3)14-12-6-5-7-13(12)15-4/h10-14H,5-9H2,1-4H3. The van der Waals surface area contributed by atoms with Crippen LogP contribution in [0.2, 0.25) is 0 Å². The first-order valence-electron chi connectivity index (χ1n) is 6.42. The van der Waals surface area contributed by atoms with Crippen LogP contribution in [0.5, 0.6) is 0 Å². The smallest absolute Gasteiger partial charge is 0.0724 e. The first-order chi connectivity index (χ1) is 7.13. The molecule has 1 aliphatic carbocycles. The normalized spacial score (nSPS) is 28.6. The molecule has 90 valence electrons. The Balaban J connectivity index is 2.21. The van der Waals surface area contributed by atoms with E-state index in [9.17, 15) is 0 Å². The molecule has 2 nitrogen and oxygen atoms in total. The summed E-state index contributed by atoms with van der Waals surface area (Å²) < 4.78 is 5.49. The van der Waals surface area contributed by atoms with Crippen molar-refractivity contribution >= 4 is 0 Å². The summed E-state index contributed by atoms with van der Waals surface area (Å²) in [4.78, 5) is 0. The van der Waals surface area contributed by atoms with Crippen molar-refractivity contribution in [3.05, 3.63) is 0 Å². The number of hydrogen-bond acceptors (Lipinski definition) is 2. The Morgan fingerprint density at radius 2 is 1.93 bits per heavy atom. The van der Waals surface area contributed by atoms with Gasteiger partial charge in [0.05, 0.1) is 6.10 Å². The fraction of sp³-hybridized carbons (Fsp3) is 1.00. The quantitative estimate of drug-likeness (QED) is 0.732. The zero-order valence-corrected chi connectivity index (χ0v) is 10.8. The summed E-state index contributed by atoms with van der Waals surface area (Å²) in [5.41, 5.74) is 0. The van der Waals surface area contributed by atoms with Gasteiger partial charge in [0.25, 0.3) is 0 Å². The molecule has 0 aromatic heterocycles. The molecule has 0 saturated heterocycles. The van der Waals surface area contributed by atoms with Gasteiger partial charge in [0.2, 0.25) is 0 Å². The lowest BCUT2D eigenvalue weighted by atomic mass is 10.0. The van der Waals surface area contributed by atoms with Crippen LogP contribution in [-0.4, -0.2) is 25.3 Å². The van der Waals surface area contributed by atoms with Crippen molar-refractivity contribution in [3.63, 3.8) is 0 Å². The highest BCUT2D eigenvalue weighted by molar-refractivity contribution is 4.85. The average Bonchev–Trinajstić information content (AvgIpc) is 2.62. The van der Waals surface area contributed by atoms with E-state index in [2.05, 4.69) is 26.1 Å².